The Bertz CT molecular complexity index is 1440. The molecule has 0 aromatic carbocycles. The van der Waals surface area contributed by atoms with Crippen molar-refractivity contribution in [3.05, 3.63) is 0 Å². The Morgan fingerprint density at radius 2 is 0.855 bits per heavy atom. The Morgan fingerprint density at radius 3 is 1.42 bits per heavy atom. The number of aliphatic hydroxyl groups is 15. The van der Waals surface area contributed by atoms with E-state index >= 15 is 0 Å². The third-order valence-electron chi connectivity index (χ3n) is 11.1. The summed E-state index contributed by atoms with van der Waals surface area (Å²) in [5.74, 6) is -1.48. The van der Waals surface area contributed by atoms with E-state index in [0.717, 1.165) is 13.8 Å². The second-order valence-electron chi connectivity index (χ2n) is 15.5. The van der Waals surface area contributed by atoms with Gasteiger partial charge >= 0.3 is 0 Å². The zero-order valence-corrected chi connectivity index (χ0v) is 33.2. The molecule has 5 rings (SSSR count). The van der Waals surface area contributed by atoms with Crippen molar-refractivity contribution in [3.8, 4) is 0 Å². The van der Waals surface area contributed by atoms with Crippen molar-refractivity contribution < 1.29 is 129 Å². The van der Waals surface area contributed by atoms with Crippen LogP contribution in [0.15, 0.2) is 0 Å². The van der Waals surface area contributed by atoms with Crippen LogP contribution in [0.2, 0.25) is 0 Å². The first kappa shape index (κ1) is 51.0. The number of carbonyl (C=O) groups is 2. The van der Waals surface area contributed by atoms with Crippen molar-refractivity contribution >= 4 is 11.8 Å². The molecule has 1 unspecified atom stereocenters. The lowest BCUT2D eigenvalue weighted by Gasteiger charge is -2.50. The summed E-state index contributed by atoms with van der Waals surface area (Å²) >= 11 is 0. The standard InChI is InChI=1S/C34H58N2O26/c1-8(41)35-15-20(46)17(43)10(3-37)56-31(15)54-7-14-18(44)22(48)25(51)33(59-14)60-27-13(6-40)58-32(16(21(27)47)36-9(2)42)62-29-19(45)11(4-38)57-34(26(29)52)61-28-12(5-39)55-30(53)24(50)23(28)49/h10-34,37-40,43-53H,3-7H2,1-2H3,(H,35,41)(H,36,42)/t10-,11-,12-,13-,14-,15-,16-,17-,18+,19+,20-,21-,22+,23-,24-,25-,26-,27-,28-,29+,30?,31-,32+,33+,34+/m1/s1. The monoisotopic (exact) mass is 910 g/mol. The van der Waals surface area contributed by atoms with Crippen molar-refractivity contribution in [1.29, 1.82) is 0 Å². The molecule has 5 saturated heterocycles. The molecule has 0 saturated carbocycles. The van der Waals surface area contributed by atoms with Gasteiger partial charge in [-0.25, -0.2) is 0 Å². The Kier molecular flexibility index (Phi) is 18.1. The molecule has 5 fully saturated rings. The molecular formula is C34H58N2O26. The molecule has 0 aliphatic carbocycles. The molecule has 0 bridgehead atoms. The summed E-state index contributed by atoms with van der Waals surface area (Å²) in [4.78, 5) is 24.2. The Hall–Kier alpha value is -2.02. The average Bonchev–Trinajstić information content (AvgIpc) is 3.23. The summed E-state index contributed by atoms with van der Waals surface area (Å²) in [6.07, 6.45) is -41.7. The molecule has 62 heavy (non-hydrogen) atoms. The molecule has 5 heterocycles. The smallest absolute Gasteiger partial charge is 0.217 e. The summed E-state index contributed by atoms with van der Waals surface area (Å²) in [6.45, 7) is -2.19. The highest BCUT2D eigenvalue weighted by Crippen LogP contribution is 2.35. The number of hydrogen-bond donors (Lipinski definition) is 17. The normalized spacial score (nSPS) is 49.0. The van der Waals surface area contributed by atoms with Gasteiger partial charge in [-0.2, -0.15) is 0 Å². The van der Waals surface area contributed by atoms with Gasteiger partial charge in [0.1, 0.15) is 122 Å². The van der Waals surface area contributed by atoms with Gasteiger partial charge < -0.3 is 130 Å². The van der Waals surface area contributed by atoms with Crippen LogP contribution in [0.1, 0.15) is 13.8 Å². The molecule has 28 nitrogen and oxygen atoms in total. The highest BCUT2D eigenvalue weighted by molar-refractivity contribution is 5.73. The number of aliphatic hydroxyl groups excluding tert-OH is 15. The first-order valence-corrected chi connectivity index (χ1v) is 19.6. The lowest BCUT2D eigenvalue weighted by atomic mass is 9.94. The van der Waals surface area contributed by atoms with Gasteiger partial charge in [0, 0.05) is 13.8 Å². The van der Waals surface area contributed by atoms with E-state index in [1.807, 2.05) is 0 Å². The maximum absolute atomic E-state index is 12.4. The summed E-state index contributed by atoms with van der Waals surface area (Å²) in [7, 11) is 0. The minimum Gasteiger partial charge on any atom is -0.394 e. The van der Waals surface area contributed by atoms with Crippen LogP contribution in [-0.2, 0) is 52.2 Å². The van der Waals surface area contributed by atoms with E-state index in [-0.39, 0.29) is 0 Å². The van der Waals surface area contributed by atoms with E-state index in [9.17, 15) is 86.2 Å². The van der Waals surface area contributed by atoms with Gasteiger partial charge in [-0.15, -0.1) is 0 Å². The number of rotatable bonds is 15. The highest BCUT2D eigenvalue weighted by atomic mass is 16.8. The minimum absolute atomic E-state index is 0.668. The number of carbonyl (C=O) groups excluding carboxylic acids is 2. The Labute approximate surface area is 351 Å². The van der Waals surface area contributed by atoms with E-state index in [0.29, 0.717) is 0 Å². The molecule has 28 heteroatoms. The van der Waals surface area contributed by atoms with Crippen molar-refractivity contribution in [1.82, 2.24) is 10.6 Å². The highest BCUT2D eigenvalue weighted by Gasteiger charge is 2.56. The third-order valence-corrected chi connectivity index (χ3v) is 11.1. The number of nitrogens with one attached hydrogen (secondary N) is 2. The van der Waals surface area contributed by atoms with Gasteiger partial charge in [-0.05, 0) is 0 Å². The van der Waals surface area contributed by atoms with E-state index in [1.165, 1.54) is 0 Å². The summed E-state index contributed by atoms with van der Waals surface area (Å²) in [5.41, 5.74) is 0. The van der Waals surface area contributed by atoms with Crippen molar-refractivity contribution in [2.45, 2.75) is 167 Å². The minimum atomic E-state index is -2.09. The molecule has 17 N–H and O–H groups in total. The third kappa shape index (κ3) is 11.0. The number of hydrogen-bond acceptors (Lipinski definition) is 26. The van der Waals surface area contributed by atoms with Crippen LogP contribution in [0.25, 0.3) is 0 Å². The second kappa shape index (κ2) is 22.0. The first-order chi connectivity index (χ1) is 29.3. The zero-order valence-electron chi connectivity index (χ0n) is 33.2. The molecule has 25 atom stereocenters. The van der Waals surface area contributed by atoms with Crippen LogP contribution in [0.4, 0.5) is 0 Å². The maximum Gasteiger partial charge on any atom is 0.217 e. The molecule has 5 aliphatic rings. The Balaban J connectivity index is 1.32. The quantitative estimate of drug-likeness (QED) is 0.0725. The second-order valence-corrected chi connectivity index (χ2v) is 15.5. The molecule has 0 spiro atoms. The number of ether oxygens (including phenoxy) is 9. The van der Waals surface area contributed by atoms with Crippen molar-refractivity contribution in [2.24, 2.45) is 0 Å². The predicted molar refractivity (Wildman–Crippen MR) is 190 cm³/mol. The zero-order chi connectivity index (χ0) is 45.9. The van der Waals surface area contributed by atoms with E-state index < -0.39 is 198 Å². The van der Waals surface area contributed by atoms with E-state index in [1.54, 1.807) is 0 Å². The SMILES string of the molecule is CC(=O)N[C@H]1[C@H](O[C@H]2[C@@H](O)[C@@H](CO)O[C@@H](O[C@H]3[C@H](O)[C@@H](O)C(O)O[C@@H]3CO)[C@@H]2O)O[C@H](CO)[C@@H](O[C@@H]2O[C@H](CO[C@@H]3O[C@H](CO)[C@@H](O)[C@H](O)[C@H]3NC(C)=O)[C@H](O)[C@H](O)[C@H]2O)[C@@H]1O. The predicted octanol–water partition coefficient (Wildman–Crippen LogP) is -11.6. The first-order valence-electron chi connectivity index (χ1n) is 19.6. The molecule has 5 aliphatic heterocycles. The molecule has 2 amide bonds. The Morgan fingerprint density at radius 1 is 0.419 bits per heavy atom. The fourth-order valence-corrected chi connectivity index (χ4v) is 7.73. The van der Waals surface area contributed by atoms with Crippen LogP contribution in [0, 0.1) is 0 Å². The lowest BCUT2D eigenvalue weighted by molar-refractivity contribution is -0.380. The van der Waals surface area contributed by atoms with Gasteiger partial charge in [-0.3, -0.25) is 9.59 Å². The fourth-order valence-electron chi connectivity index (χ4n) is 7.73. The summed E-state index contributed by atoms with van der Waals surface area (Å²) in [5, 5.41) is 162. The van der Waals surface area contributed by atoms with Crippen molar-refractivity contribution in [3.63, 3.8) is 0 Å². The van der Waals surface area contributed by atoms with E-state index in [2.05, 4.69) is 10.6 Å². The molecule has 360 valence electrons. The van der Waals surface area contributed by atoms with Crippen LogP contribution >= 0.6 is 0 Å². The van der Waals surface area contributed by atoms with Gasteiger partial charge in [0.25, 0.3) is 0 Å². The van der Waals surface area contributed by atoms with Crippen LogP contribution in [-0.4, -0.2) is 275 Å². The van der Waals surface area contributed by atoms with Crippen LogP contribution in [0.3, 0.4) is 0 Å². The lowest BCUT2D eigenvalue weighted by Crippen LogP contribution is -2.70. The molecule has 0 radical (unpaired) electrons. The summed E-state index contributed by atoms with van der Waals surface area (Å²) in [6, 6.07) is -3.13. The topological polar surface area (TPSA) is 445 Å². The van der Waals surface area contributed by atoms with Crippen LogP contribution < -0.4 is 10.6 Å². The largest absolute Gasteiger partial charge is 0.394 e. The van der Waals surface area contributed by atoms with Gasteiger partial charge in [0.15, 0.2) is 31.5 Å². The van der Waals surface area contributed by atoms with E-state index in [4.69, 9.17) is 42.6 Å². The molecule has 0 aromatic heterocycles. The fraction of sp³-hybridized carbons (Fsp3) is 0.941. The van der Waals surface area contributed by atoms with Gasteiger partial charge in [0.2, 0.25) is 11.8 Å². The van der Waals surface area contributed by atoms with Crippen molar-refractivity contribution in [2.75, 3.05) is 33.0 Å². The maximum atomic E-state index is 12.4. The molecular weight excluding hydrogens is 852 g/mol. The van der Waals surface area contributed by atoms with Gasteiger partial charge in [0.05, 0.1) is 33.0 Å². The molecule has 0 aromatic rings. The van der Waals surface area contributed by atoms with Crippen LogP contribution in [0.5, 0.6) is 0 Å². The summed E-state index contributed by atoms with van der Waals surface area (Å²) < 4.78 is 50.5. The average molecular weight is 911 g/mol. The number of amides is 2. The van der Waals surface area contributed by atoms with Gasteiger partial charge in [-0.1, -0.05) is 0 Å².